The number of nitrogens with zero attached hydrogens (tertiary/aromatic N) is 1. The lowest BCUT2D eigenvalue weighted by Gasteiger charge is -1.97. The van der Waals surface area contributed by atoms with E-state index in [4.69, 9.17) is 0 Å². The molecule has 2 heteroatoms. The van der Waals surface area contributed by atoms with Crippen molar-refractivity contribution in [2.75, 3.05) is 0 Å². The van der Waals surface area contributed by atoms with Crippen molar-refractivity contribution < 1.29 is 0 Å². The zero-order chi connectivity index (χ0) is 9.54. The number of aromatic nitrogens is 2. The molecule has 2 aromatic heterocycles. The van der Waals surface area contributed by atoms with Crippen LogP contribution >= 0.6 is 0 Å². The molecule has 0 radical (unpaired) electrons. The Labute approximate surface area is 81.6 Å². The third-order valence-corrected chi connectivity index (χ3v) is 2.51. The molecule has 0 aliphatic heterocycles. The molecular formula is C12H10N2. The van der Waals surface area contributed by atoms with Gasteiger partial charge in [0.05, 0.1) is 11.0 Å². The molecule has 0 unspecified atom stereocenters. The van der Waals surface area contributed by atoms with E-state index in [0.717, 1.165) is 5.52 Å². The Balaban J connectivity index is 2.60. The third kappa shape index (κ3) is 0.940. The average molecular weight is 182 g/mol. The second-order valence-corrected chi connectivity index (χ2v) is 3.55. The predicted molar refractivity (Wildman–Crippen MR) is 58.3 cm³/mol. The van der Waals surface area contributed by atoms with Gasteiger partial charge in [0.1, 0.15) is 0 Å². The average Bonchev–Trinajstić information content (AvgIpc) is 2.59. The molecule has 0 amide bonds. The van der Waals surface area contributed by atoms with Crippen molar-refractivity contribution >= 4 is 21.8 Å². The molecule has 0 aliphatic carbocycles. The fraction of sp³-hybridized carbons (Fsp3) is 0.0833. The minimum absolute atomic E-state index is 1.04. The van der Waals surface area contributed by atoms with Gasteiger partial charge in [0.2, 0.25) is 0 Å². The fourth-order valence-electron chi connectivity index (χ4n) is 1.90. The number of pyridine rings is 1. The summed E-state index contributed by atoms with van der Waals surface area (Å²) < 4.78 is 0. The van der Waals surface area contributed by atoms with Gasteiger partial charge in [-0.1, -0.05) is 6.07 Å². The molecule has 0 aliphatic rings. The van der Waals surface area contributed by atoms with Gasteiger partial charge >= 0.3 is 0 Å². The normalized spacial score (nSPS) is 11.2. The first-order valence-corrected chi connectivity index (χ1v) is 4.68. The molecule has 0 spiro atoms. The number of hydrogen-bond acceptors (Lipinski definition) is 1. The Kier molecular flexibility index (Phi) is 1.39. The summed E-state index contributed by atoms with van der Waals surface area (Å²) in [6, 6.07) is 10.4. The van der Waals surface area contributed by atoms with Crippen LogP contribution in [0.2, 0.25) is 0 Å². The van der Waals surface area contributed by atoms with Crippen LogP contribution in [0.5, 0.6) is 0 Å². The minimum Gasteiger partial charge on any atom is -0.358 e. The number of rotatable bonds is 0. The molecule has 2 heterocycles. The van der Waals surface area contributed by atoms with Crippen molar-refractivity contribution in [1.29, 1.82) is 0 Å². The number of hydrogen-bond donors (Lipinski definition) is 1. The van der Waals surface area contributed by atoms with Gasteiger partial charge < -0.3 is 4.98 Å². The quantitative estimate of drug-likeness (QED) is 0.568. The van der Waals surface area contributed by atoms with Crippen LogP contribution < -0.4 is 0 Å². The Hall–Kier alpha value is -1.83. The molecule has 0 saturated heterocycles. The van der Waals surface area contributed by atoms with Crippen LogP contribution in [-0.4, -0.2) is 9.97 Å². The van der Waals surface area contributed by atoms with Crippen molar-refractivity contribution in [3.63, 3.8) is 0 Å². The Morgan fingerprint density at radius 2 is 2.14 bits per heavy atom. The molecule has 2 nitrogen and oxygen atoms in total. The van der Waals surface area contributed by atoms with E-state index in [1.165, 1.54) is 22.0 Å². The first kappa shape index (κ1) is 7.56. The highest BCUT2D eigenvalue weighted by atomic mass is 14.7. The molecule has 0 saturated carbocycles. The van der Waals surface area contributed by atoms with Gasteiger partial charge in [0, 0.05) is 22.7 Å². The Bertz CT molecular complexity index is 608. The van der Waals surface area contributed by atoms with Crippen molar-refractivity contribution in [2.24, 2.45) is 0 Å². The summed E-state index contributed by atoms with van der Waals surface area (Å²) in [5.41, 5.74) is 3.42. The highest BCUT2D eigenvalue weighted by molar-refractivity contribution is 6.04. The van der Waals surface area contributed by atoms with Gasteiger partial charge in [-0.05, 0) is 31.2 Å². The van der Waals surface area contributed by atoms with E-state index >= 15 is 0 Å². The molecule has 0 fully saturated rings. The van der Waals surface area contributed by atoms with Crippen LogP contribution in [0.4, 0.5) is 0 Å². The topological polar surface area (TPSA) is 28.7 Å². The summed E-state index contributed by atoms with van der Waals surface area (Å²) in [5, 5.41) is 2.45. The lowest BCUT2D eigenvalue weighted by molar-refractivity contribution is 1.30. The monoisotopic (exact) mass is 182 g/mol. The highest BCUT2D eigenvalue weighted by Gasteiger charge is 2.02. The summed E-state index contributed by atoms with van der Waals surface area (Å²) in [7, 11) is 0. The molecule has 0 bridgehead atoms. The summed E-state index contributed by atoms with van der Waals surface area (Å²) >= 11 is 0. The van der Waals surface area contributed by atoms with Gasteiger partial charge in [-0.3, -0.25) is 4.98 Å². The van der Waals surface area contributed by atoms with Gasteiger partial charge in [0.15, 0.2) is 0 Å². The summed E-state index contributed by atoms with van der Waals surface area (Å²) in [6.45, 7) is 2.07. The van der Waals surface area contributed by atoms with E-state index in [0.29, 0.717) is 0 Å². The van der Waals surface area contributed by atoms with E-state index in [1.54, 1.807) is 0 Å². The molecular weight excluding hydrogens is 172 g/mol. The summed E-state index contributed by atoms with van der Waals surface area (Å²) in [6.07, 6.45) is 1.82. The summed E-state index contributed by atoms with van der Waals surface area (Å²) in [4.78, 5) is 7.68. The SMILES string of the molecule is Cc1cc2ccc3ncccc3c2[nH]1. The number of fused-ring (bicyclic) bond motifs is 3. The zero-order valence-corrected chi connectivity index (χ0v) is 7.91. The van der Waals surface area contributed by atoms with E-state index in [1.807, 2.05) is 12.3 Å². The van der Waals surface area contributed by atoms with Crippen LogP contribution in [0.25, 0.3) is 21.8 Å². The number of benzene rings is 1. The van der Waals surface area contributed by atoms with Crippen LogP contribution in [0.1, 0.15) is 5.69 Å². The maximum absolute atomic E-state index is 4.32. The second kappa shape index (κ2) is 2.58. The minimum atomic E-state index is 1.04. The van der Waals surface area contributed by atoms with Crippen LogP contribution in [0.3, 0.4) is 0 Å². The Morgan fingerprint density at radius 3 is 3.07 bits per heavy atom. The van der Waals surface area contributed by atoms with Crippen molar-refractivity contribution in [1.82, 2.24) is 9.97 Å². The first-order valence-electron chi connectivity index (χ1n) is 4.68. The molecule has 68 valence electrons. The van der Waals surface area contributed by atoms with Gasteiger partial charge in [-0.2, -0.15) is 0 Å². The molecule has 14 heavy (non-hydrogen) atoms. The molecule has 0 atom stereocenters. The van der Waals surface area contributed by atoms with E-state index in [-0.39, 0.29) is 0 Å². The largest absolute Gasteiger partial charge is 0.358 e. The van der Waals surface area contributed by atoms with E-state index < -0.39 is 0 Å². The number of nitrogens with one attached hydrogen (secondary N) is 1. The summed E-state index contributed by atoms with van der Waals surface area (Å²) in [5.74, 6) is 0. The van der Waals surface area contributed by atoms with Crippen LogP contribution in [0.15, 0.2) is 36.5 Å². The molecule has 3 rings (SSSR count). The lowest BCUT2D eigenvalue weighted by atomic mass is 10.1. The van der Waals surface area contributed by atoms with Crippen LogP contribution in [-0.2, 0) is 0 Å². The lowest BCUT2D eigenvalue weighted by Crippen LogP contribution is -1.78. The number of aryl methyl sites for hydroxylation is 1. The highest BCUT2D eigenvalue weighted by Crippen LogP contribution is 2.23. The number of H-pyrrole nitrogens is 1. The molecule has 1 aromatic carbocycles. The Morgan fingerprint density at radius 1 is 1.21 bits per heavy atom. The van der Waals surface area contributed by atoms with Crippen molar-refractivity contribution in [3.05, 3.63) is 42.2 Å². The van der Waals surface area contributed by atoms with Crippen molar-refractivity contribution in [3.8, 4) is 0 Å². The smallest absolute Gasteiger partial charge is 0.0723 e. The van der Waals surface area contributed by atoms with Crippen LogP contribution in [0, 0.1) is 6.92 Å². The van der Waals surface area contributed by atoms with E-state index in [9.17, 15) is 0 Å². The van der Waals surface area contributed by atoms with E-state index in [2.05, 4.69) is 41.2 Å². The predicted octanol–water partition coefficient (Wildman–Crippen LogP) is 3.02. The van der Waals surface area contributed by atoms with Gasteiger partial charge in [0.25, 0.3) is 0 Å². The number of aromatic amines is 1. The second-order valence-electron chi connectivity index (χ2n) is 3.55. The fourth-order valence-corrected chi connectivity index (χ4v) is 1.90. The van der Waals surface area contributed by atoms with Gasteiger partial charge in [-0.15, -0.1) is 0 Å². The van der Waals surface area contributed by atoms with Gasteiger partial charge in [-0.25, -0.2) is 0 Å². The third-order valence-electron chi connectivity index (χ3n) is 2.51. The van der Waals surface area contributed by atoms with Crippen molar-refractivity contribution in [2.45, 2.75) is 6.92 Å². The first-order chi connectivity index (χ1) is 6.84. The standard InChI is InChI=1S/C12H10N2/c1-8-7-9-4-5-11-10(12(9)14-8)3-2-6-13-11/h2-7,14H,1H3. The molecule has 3 aromatic rings. The maximum Gasteiger partial charge on any atom is 0.0723 e. The molecule has 1 N–H and O–H groups in total. The zero-order valence-electron chi connectivity index (χ0n) is 7.91. The maximum atomic E-state index is 4.32.